The second-order valence-corrected chi connectivity index (χ2v) is 10.2. The third kappa shape index (κ3) is 7.70. The van der Waals surface area contributed by atoms with E-state index in [1.165, 1.54) is 6.92 Å². The van der Waals surface area contributed by atoms with Crippen molar-refractivity contribution in [3.05, 3.63) is 120 Å². The molecule has 2 aliphatic rings. The number of benzene rings is 3. The van der Waals surface area contributed by atoms with Gasteiger partial charge in [-0.25, -0.2) is 4.79 Å². The van der Waals surface area contributed by atoms with E-state index in [0.717, 1.165) is 16.7 Å². The van der Waals surface area contributed by atoms with E-state index in [1.54, 1.807) is 0 Å². The van der Waals surface area contributed by atoms with E-state index in [-0.39, 0.29) is 37.9 Å². The molecule has 0 aliphatic carbocycles. The van der Waals surface area contributed by atoms with Gasteiger partial charge in [-0.05, 0) is 11.1 Å². The van der Waals surface area contributed by atoms with Crippen LogP contribution in [0.1, 0.15) is 29.9 Å². The highest BCUT2D eigenvalue weighted by molar-refractivity contribution is 5.87. The van der Waals surface area contributed by atoms with Crippen LogP contribution in [0.25, 0.3) is 0 Å². The van der Waals surface area contributed by atoms with Crippen LogP contribution in [0.15, 0.2) is 103 Å². The molecule has 2 fully saturated rings. The molecule has 6 atom stereocenters. The highest BCUT2D eigenvalue weighted by Crippen LogP contribution is 2.36. The Balaban J connectivity index is 1.33. The Kier molecular flexibility index (Phi) is 10.1. The van der Waals surface area contributed by atoms with Gasteiger partial charge in [0.05, 0.1) is 25.4 Å². The van der Waals surface area contributed by atoms with Crippen molar-refractivity contribution in [1.29, 1.82) is 0 Å². The fourth-order valence-corrected chi connectivity index (χ4v) is 4.91. The third-order valence-electron chi connectivity index (χ3n) is 6.99. The second-order valence-electron chi connectivity index (χ2n) is 10.2. The van der Waals surface area contributed by atoms with Gasteiger partial charge in [-0.15, -0.1) is 0 Å². The van der Waals surface area contributed by atoms with Crippen molar-refractivity contribution >= 4 is 11.9 Å². The first kappa shape index (κ1) is 29.6. The van der Waals surface area contributed by atoms with Crippen LogP contribution in [0.2, 0.25) is 0 Å². The van der Waals surface area contributed by atoms with Crippen LogP contribution >= 0.6 is 0 Å². The van der Waals surface area contributed by atoms with Crippen molar-refractivity contribution in [2.45, 2.75) is 57.1 Å². The molecule has 0 radical (unpaired) electrons. The van der Waals surface area contributed by atoms with Crippen LogP contribution in [0, 0.1) is 0 Å². The van der Waals surface area contributed by atoms with Crippen molar-refractivity contribution in [3.63, 3.8) is 0 Å². The van der Waals surface area contributed by atoms with E-state index in [2.05, 4.69) is 11.9 Å². The van der Waals surface area contributed by atoms with Crippen molar-refractivity contribution in [3.8, 4) is 0 Å². The number of rotatable bonds is 11. The lowest BCUT2D eigenvalue weighted by molar-refractivity contribution is -0.349. The van der Waals surface area contributed by atoms with E-state index in [9.17, 15) is 9.59 Å². The molecule has 3 aromatic carbocycles. The fraction of sp³-hybridized carbons (Fsp3) is 0.333. The first-order valence-electron chi connectivity index (χ1n) is 13.9. The monoisotopic (exact) mass is 573 g/mol. The first-order valence-corrected chi connectivity index (χ1v) is 13.9. The summed E-state index contributed by atoms with van der Waals surface area (Å²) < 4.78 is 36.6. The average molecular weight is 574 g/mol. The summed E-state index contributed by atoms with van der Waals surface area (Å²) in [5, 5.41) is 2.92. The van der Waals surface area contributed by atoms with Gasteiger partial charge in [0, 0.05) is 12.5 Å². The first-order chi connectivity index (χ1) is 20.5. The predicted molar refractivity (Wildman–Crippen MR) is 153 cm³/mol. The highest BCUT2D eigenvalue weighted by Gasteiger charge is 2.51. The molecule has 42 heavy (non-hydrogen) atoms. The molecule has 9 nitrogen and oxygen atoms in total. The van der Waals surface area contributed by atoms with Crippen LogP contribution in [-0.4, -0.2) is 55.7 Å². The molecule has 220 valence electrons. The molecule has 9 heteroatoms. The molecule has 5 rings (SSSR count). The summed E-state index contributed by atoms with van der Waals surface area (Å²) in [6, 6.07) is 27.8. The minimum absolute atomic E-state index is 0.115. The standard InChI is InChI=1S/C33H35NO8/c1-22(31(36)38-19-24-12-6-3-7-13-24)18-37-30-28(34-23(2)35)33(39-20-25-14-8-4-9-15-25)41-27-21-40-32(42-29(27)30)26-16-10-5-11-17-26/h3-17,27-30,32-33H,1,18-21H2,2H3,(H,34,35)/t27-,28+,29-,30+,32+,33-/m1/s1. The molecule has 1 amide bonds. The minimum atomic E-state index is -0.876. The van der Waals surface area contributed by atoms with Crippen LogP contribution < -0.4 is 5.32 Å². The molecule has 2 heterocycles. The number of carbonyl (C=O) groups is 2. The van der Waals surface area contributed by atoms with Crippen LogP contribution in [-0.2, 0) is 51.2 Å². The molecule has 3 aromatic rings. The lowest BCUT2D eigenvalue weighted by Crippen LogP contribution is -2.67. The second kappa shape index (κ2) is 14.4. The van der Waals surface area contributed by atoms with E-state index in [1.807, 2.05) is 91.0 Å². The topological polar surface area (TPSA) is 102 Å². The Morgan fingerprint density at radius 2 is 1.48 bits per heavy atom. The van der Waals surface area contributed by atoms with Crippen molar-refractivity contribution in [2.24, 2.45) is 0 Å². The number of esters is 1. The summed E-state index contributed by atoms with van der Waals surface area (Å²) >= 11 is 0. The van der Waals surface area contributed by atoms with Gasteiger partial charge < -0.3 is 33.7 Å². The van der Waals surface area contributed by atoms with Crippen molar-refractivity contribution < 1.29 is 38.0 Å². The zero-order valence-corrected chi connectivity index (χ0v) is 23.4. The average Bonchev–Trinajstić information content (AvgIpc) is 3.03. The summed E-state index contributed by atoms with van der Waals surface area (Å²) in [6.07, 6.45) is -3.51. The fourth-order valence-electron chi connectivity index (χ4n) is 4.91. The van der Waals surface area contributed by atoms with Gasteiger partial charge in [0.2, 0.25) is 5.91 Å². The van der Waals surface area contributed by atoms with Gasteiger partial charge in [-0.2, -0.15) is 0 Å². The van der Waals surface area contributed by atoms with Crippen LogP contribution in [0.5, 0.6) is 0 Å². The number of fused-ring (bicyclic) bond motifs is 1. The lowest BCUT2D eigenvalue weighted by atomic mass is 9.95. The third-order valence-corrected chi connectivity index (χ3v) is 6.99. The summed E-state index contributed by atoms with van der Waals surface area (Å²) in [5.41, 5.74) is 2.77. The summed E-state index contributed by atoms with van der Waals surface area (Å²) in [5.74, 6) is -0.873. The Labute approximate surface area is 245 Å². The Hall–Kier alpha value is -3.86. The molecule has 0 unspecified atom stereocenters. The summed E-state index contributed by atoms with van der Waals surface area (Å²) in [4.78, 5) is 25.1. The van der Waals surface area contributed by atoms with E-state index < -0.39 is 42.9 Å². The lowest BCUT2D eigenvalue weighted by Gasteiger charge is -2.49. The Morgan fingerprint density at radius 3 is 2.12 bits per heavy atom. The van der Waals surface area contributed by atoms with Crippen LogP contribution in [0.3, 0.4) is 0 Å². The minimum Gasteiger partial charge on any atom is -0.457 e. The molecule has 0 bridgehead atoms. The summed E-state index contributed by atoms with van der Waals surface area (Å²) in [6.45, 7) is 5.72. The SMILES string of the molecule is C=C(CO[C@H]1[C@H](NC(C)=O)[C@H](OCc2ccccc2)O[C@@H]2CO[C@H](c3ccccc3)O[C@@H]12)C(=O)OCc1ccccc1. The molecule has 1 N–H and O–H groups in total. The molecule has 2 saturated heterocycles. The number of ether oxygens (including phenoxy) is 6. The van der Waals surface area contributed by atoms with Gasteiger partial charge in [-0.1, -0.05) is 97.6 Å². The smallest absolute Gasteiger partial charge is 0.336 e. The maximum absolute atomic E-state index is 12.7. The predicted octanol–water partition coefficient (Wildman–Crippen LogP) is 4.23. The normalized spacial score (nSPS) is 25.2. The van der Waals surface area contributed by atoms with Gasteiger partial charge in [0.15, 0.2) is 12.6 Å². The summed E-state index contributed by atoms with van der Waals surface area (Å²) in [7, 11) is 0. The number of hydrogen-bond donors (Lipinski definition) is 1. The zero-order chi connectivity index (χ0) is 29.3. The number of carbonyl (C=O) groups excluding carboxylic acids is 2. The highest BCUT2D eigenvalue weighted by atomic mass is 16.7. The van der Waals surface area contributed by atoms with Gasteiger partial charge >= 0.3 is 5.97 Å². The van der Waals surface area contributed by atoms with Crippen molar-refractivity contribution in [1.82, 2.24) is 5.32 Å². The van der Waals surface area contributed by atoms with Gasteiger partial charge in [-0.3, -0.25) is 4.79 Å². The molecular formula is C33H35NO8. The van der Waals surface area contributed by atoms with Gasteiger partial charge in [0.25, 0.3) is 0 Å². The van der Waals surface area contributed by atoms with Gasteiger partial charge in [0.1, 0.15) is 31.0 Å². The molecule has 0 aromatic heterocycles. The van der Waals surface area contributed by atoms with Crippen LogP contribution in [0.4, 0.5) is 0 Å². The Bertz CT molecular complexity index is 1320. The zero-order valence-electron chi connectivity index (χ0n) is 23.4. The molecule has 0 saturated carbocycles. The Morgan fingerprint density at radius 1 is 0.857 bits per heavy atom. The molecule has 0 spiro atoms. The molecule has 2 aliphatic heterocycles. The van der Waals surface area contributed by atoms with E-state index >= 15 is 0 Å². The maximum atomic E-state index is 12.7. The quantitative estimate of drug-likeness (QED) is 0.269. The molecular weight excluding hydrogens is 538 g/mol. The van der Waals surface area contributed by atoms with Crippen molar-refractivity contribution in [2.75, 3.05) is 13.2 Å². The number of amides is 1. The largest absolute Gasteiger partial charge is 0.457 e. The number of hydrogen-bond acceptors (Lipinski definition) is 8. The number of nitrogens with one attached hydrogen (secondary N) is 1. The van der Waals surface area contributed by atoms with E-state index in [4.69, 9.17) is 28.4 Å². The van der Waals surface area contributed by atoms with E-state index in [0.29, 0.717) is 0 Å². The maximum Gasteiger partial charge on any atom is 0.336 e.